The fourth-order valence-electron chi connectivity index (χ4n) is 1.80. The summed E-state index contributed by atoms with van der Waals surface area (Å²) in [6.45, 7) is 5.10. The fraction of sp³-hybridized carbons (Fsp3) is 0.333. The highest BCUT2D eigenvalue weighted by Gasteiger charge is 2.14. The molecule has 1 heterocycles. The average molecular weight is 324 g/mol. The highest BCUT2D eigenvalue weighted by molar-refractivity contribution is 7.89. The zero-order chi connectivity index (χ0) is 15.3. The lowest BCUT2D eigenvalue weighted by Gasteiger charge is -2.10. The Hall–Kier alpha value is -1.21. The standard InChI is InChI=1S/C15H20N2O2S2/c1-12(2)16-9-13-4-3-5-15(8-13)21(18,19)17-10-14-6-7-20-11-14/h3-8,11-12,16-17H,9-10H2,1-2H3. The van der Waals surface area contributed by atoms with Crippen molar-refractivity contribution in [2.24, 2.45) is 0 Å². The molecule has 0 saturated heterocycles. The molecule has 2 N–H and O–H groups in total. The zero-order valence-electron chi connectivity index (χ0n) is 12.2. The Morgan fingerprint density at radius 2 is 1.95 bits per heavy atom. The molecule has 0 saturated carbocycles. The third kappa shape index (κ3) is 4.93. The summed E-state index contributed by atoms with van der Waals surface area (Å²) in [5.74, 6) is 0. The maximum atomic E-state index is 12.3. The minimum atomic E-state index is -3.47. The molecule has 0 atom stereocenters. The molecule has 1 aromatic carbocycles. The van der Waals surface area contributed by atoms with Crippen molar-refractivity contribution < 1.29 is 8.42 Å². The monoisotopic (exact) mass is 324 g/mol. The van der Waals surface area contributed by atoms with Gasteiger partial charge in [0, 0.05) is 19.1 Å². The van der Waals surface area contributed by atoms with Crippen LogP contribution in [-0.4, -0.2) is 14.5 Å². The van der Waals surface area contributed by atoms with Crippen molar-refractivity contribution >= 4 is 21.4 Å². The van der Waals surface area contributed by atoms with Crippen molar-refractivity contribution in [2.45, 2.75) is 37.9 Å². The van der Waals surface area contributed by atoms with E-state index in [4.69, 9.17) is 0 Å². The lowest BCUT2D eigenvalue weighted by Crippen LogP contribution is -2.24. The van der Waals surface area contributed by atoms with Gasteiger partial charge < -0.3 is 5.32 Å². The second-order valence-electron chi connectivity index (χ2n) is 5.14. The number of hydrogen-bond acceptors (Lipinski definition) is 4. The summed E-state index contributed by atoms with van der Waals surface area (Å²) in [6.07, 6.45) is 0. The SMILES string of the molecule is CC(C)NCc1cccc(S(=O)(=O)NCc2ccsc2)c1. The smallest absolute Gasteiger partial charge is 0.240 e. The summed E-state index contributed by atoms with van der Waals surface area (Å²) < 4.78 is 27.2. The Labute approximate surface area is 130 Å². The van der Waals surface area contributed by atoms with Crippen LogP contribution in [0.25, 0.3) is 0 Å². The van der Waals surface area contributed by atoms with E-state index in [1.54, 1.807) is 29.5 Å². The van der Waals surface area contributed by atoms with Crippen LogP contribution in [-0.2, 0) is 23.1 Å². The average Bonchev–Trinajstić information content (AvgIpc) is 2.97. The Morgan fingerprint density at radius 1 is 1.14 bits per heavy atom. The summed E-state index contributed by atoms with van der Waals surface area (Å²) >= 11 is 1.55. The number of benzene rings is 1. The first kappa shape index (κ1) is 16.2. The van der Waals surface area contributed by atoms with E-state index in [9.17, 15) is 8.42 Å². The third-order valence-electron chi connectivity index (χ3n) is 2.97. The maximum Gasteiger partial charge on any atom is 0.240 e. The molecule has 21 heavy (non-hydrogen) atoms. The quantitative estimate of drug-likeness (QED) is 0.823. The molecule has 0 aliphatic heterocycles. The van der Waals surface area contributed by atoms with E-state index >= 15 is 0 Å². The molecular formula is C15H20N2O2S2. The van der Waals surface area contributed by atoms with Gasteiger partial charge in [-0.1, -0.05) is 26.0 Å². The van der Waals surface area contributed by atoms with Crippen molar-refractivity contribution in [3.8, 4) is 0 Å². The van der Waals surface area contributed by atoms with Gasteiger partial charge in [0.2, 0.25) is 10.0 Å². The van der Waals surface area contributed by atoms with E-state index in [0.717, 1.165) is 11.1 Å². The van der Waals surface area contributed by atoms with Crippen LogP contribution in [0.2, 0.25) is 0 Å². The topological polar surface area (TPSA) is 58.2 Å². The second-order valence-corrected chi connectivity index (χ2v) is 7.69. The van der Waals surface area contributed by atoms with E-state index in [0.29, 0.717) is 24.0 Å². The van der Waals surface area contributed by atoms with Crippen molar-refractivity contribution in [3.05, 3.63) is 52.2 Å². The van der Waals surface area contributed by atoms with Crippen LogP contribution in [0.15, 0.2) is 46.0 Å². The van der Waals surface area contributed by atoms with E-state index in [2.05, 4.69) is 23.9 Å². The van der Waals surface area contributed by atoms with Crippen molar-refractivity contribution in [3.63, 3.8) is 0 Å². The van der Waals surface area contributed by atoms with E-state index < -0.39 is 10.0 Å². The van der Waals surface area contributed by atoms with Crippen LogP contribution >= 0.6 is 11.3 Å². The van der Waals surface area contributed by atoms with Gasteiger partial charge in [0.15, 0.2) is 0 Å². The summed E-state index contributed by atoms with van der Waals surface area (Å²) in [4.78, 5) is 0.306. The molecule has 114 valence electrons. The van der Waals surface area contributed by atoms with Gasteiger partial charge in [-0.15, -0.1) is 0 Å². The fourth-order valence-corrected chi connectivity index (χ4v) is 3.56. The van der Waals surface area contributed by atoms with Crippen LogP contribution in [0, 0.1) is 0 Å². The van der Waals surface area contributed by atoms with Gasteiger partial charge in [-0.05, 0) is 40.1 Å². The molecule has 1 aromatic heterocycles. The van der Waals surface area contributed by atoms with E-state index in [1.165, 1.54) is 0 Å². The molecule has 6 heteroatoms. The van der Waals surface area contributed by atoms with Gasteiger partial charge in [0.25, 0.3) is 0 Å². The number of hydrogen-bond donors (Lipinski definition) is 2. The zero-order valence-corrected chi connectivity index (χ0v) is 13.8. The molecule has 0 fully saturated rings. The summed E-state index contributed by atoms with van der Waals surface area (Å²) in [5, 5.41) is 7.15. The summed E-state index contributed by atoms with van der Waals surface area (Å²) in [6, 6.07) is 9.31. The number of thiophene rings is 1. The maximum absolute atomic E-state index is 12.3. The Balaban J connectivity index is 2.06. The molecule has 0 spiro atoms. The molecule has 2 rings (SSSR count). The van der Waals surface area contributed by atoms with Gasteiger partial charge >= 0.3 is 0 Å². The molecular weight excluding hydrogens is 304 g/mol. The van der Waals surface area contributed by atoms with Crippen LogP contribution in [0.4, 0.5) is 0 Å². The highest BCUT2D eigenvalue weighted by Crippen LogP contribution is 2.13. The molecule has 4 nitrogen and oxygen atoms in total. The molecule has 2 aromatic rings. The predicted octanol–water partition coefficient (Wildman–Crippen LogP) is 2.72. The number of rotatable bonds is 7. The summed E-state index contributed by atoms with van der Waals surface area (Å²) in [7, 11) is -3.47. The number of nitrogens with one attached hydrogen (secondary N) is 2. The molecule has 0 radical (unpaired) electrons. The van der Waals surface area contributed by atoms with Gasteiger partial charge in [0.1, 0.15) is 0 Å². The Bertz CT molecular complexity index is 665. The van der Waals surface area contributed by atoms with E-state index in [-0.39, 0.29) is 0 Å². The van der Waals surface area contributed by atoms with Gasteiger partial charge in [-0.3, -0.25) is 0 Å². The third-order valence-corrected chi connectivity index (χ3v) is 5.10. The normalized spacial score (nSPS) is 12.0. The van der Waals surface area contributed by atoms with Gasteiger partial charge in [0.05, 0.1) is 4.90 Å². The minimum Gasteiger partial charge on any atom is -0.310 e. The molecule has 0 unspecified atom stereocenters. The minimum absolute atomic E-state index is 0.306. The van der Waals surface area contributed by atoms with Gasteiger partial charge in [-0.2, -0.15) is 11.3 Å². The Morgan fingerprint density at radius 3 is 2.62 bits per heavy atom. The first-order valence-corrected chi connectivity index (χ1v) is 9.23. The van der Waals surface area contributed by atoms with Gasteiger partial charge in [-0.25, -0.2) is 13.1 Å². The first-order chi connectivity index (χ1) is 9.97. The molecule has 0 aliphatic carbocycles. The van der Waals surface area contributed by atoms with Crippen molar-refractivity contribution in [1.29, 1.82) is 0 Å². The van der Waals surface area contributed by atoms with Crippen LogP contribution in [0.5, 0.6) is 0 Å². The summed E-state index contributed by atoms with van der Waals surface area (Å²) in [5.41, 5.74) is 1.93. The molecule has 0 aliphatic rings. The van der Waals surface area contributed by atoms with Crippen molar-refractivity contribution in [2.75, 3.05) is 0 Å². The second kappa shape index (κ2) is 7.17. The molecule has 0 amide bonds. The van der Waals surface area contributed by atoms with Crippen molar-refractivity contribution in [1.82, 2.24) is 10.0 Å². The van der Waals surface area contributed by atoms with E-state index in [1.807, 2.05) is 22.9 Å². The number of sulfonamides is 1. The van der Waals surface area contributed by atoms with Crippen LogP contribution < -0.4 is 10.0 Å². The Kier molecular flexibility index (Phi) is 5.52. The molecule has 0 bridgehead atoms. The van der Waals surface area contributed by atoms with Crippen LogP contribution in [0.1, 0.15) is 25.0 Å². The largest absolute Gasteiger partial charge is 0.310 e. The van der Waals surface area contributed by atoms with Crippen LogP contribution in [0.3, 0.4) is 0 Å². The lowest BCUT2D eigenvalue weighted by molar-refractivity contribution is 0.579. The lowest BCUT2D eigenvalue weighted by atomic mass is 10.2. The first-order valence-electron chi connectivity index (χ1n) is 6.80. The predicted molar refractivity (Wildman–Crippen MR) is 86.8 cm³/mol. The highest BCUT2D eigenvalue weighted by atomic mass is 32.2.